The molecule has 122 valence electrons. The van der Waals surface area contributed by atoms with Crippen LogP contribution in [0.25, 0.3) is 0 Å². The fraction of sp³-hybridized carbons (Fsp3) is 0.875. The van der Waals surface area contributed by atoms with Gasteiger partial charge in [-0.05, 0) is 38.5 Å². The minimum absolute atomic E-state index is 0.0267. The molecule has 0 unspecified atom stereocenters. The second-order valence-electron chi connectivity index (χ2n) is 6.13. The van der Waals surface area contributed by atoms with Crippen LogP contribution in [0.2, 0.25) is 0 Å². The van der Waals surface area contributed by atoms with Gasteiger partial charge in [0, 0.05) is 26.7 Å². The third-order valence-electron chi connectivity index (χ3n) is 4.10. The number of hydrogen-bond acceptors (Lipinski definition) is 2. The summed E-state index contributed by atoms with van der Waals surface area (Å²) in [4.78, 5) is 17.6. The van der Waals surface area contributed by atoms with Crippen molar-refractivity contribution in [2.45, 2.75) is 58.4 Å². The fourth-order valence-electron chi connectivity index (χ4n) is 2.81. The molecule has 1 rings (SSSR count). The smallest absolute Gasteiger partial charge is 0.243 e. The Balaban J connectivity index is 2.44. The van der Waals surface area contributed by atoms with E-state index >= 15 is 0 Å². The zero-order chi connectivity index (χ0) is 15.7. The molecule has 5 nitrogen and oxygen atoms in total. The van der Waals surface area contributed by atoms with E-state index in [1.165, 1.54) is 38.5 Å². The number of amides is 1. The minimum Gasteiger partial charge on any atom is -0.357 e. The second-order valence-corrected chi connectivity index (χ2v) is 6.13. The average Bonchev–Trinajstić information content (AvgIpc) is 2.46. The minimum atomic E-state index is 0.0267. The topological polar surface area (TPSA) is 56.7 Å². The van der Waals surface area contributed by atoms with E-state index in [0.29, 0.717) is 6.04 Å². The second kappa shape index (κ2) is 9.64. The lowest BCUT2D eigenvalue weighted by Crippen LogP contribution is -2.45. The van der Waals surface area contributed by atoms with Crippen LogP contribution in [-0.2, 0) is 4.79 Å². The zero-order valence-electron chi connectivity index (χ0n) is 14.1. The molecule has 0 aromatic heterocycles. The van der Waals surface area contributed by atoms with E-state index in [4.69, 9.17) is 0 Å². The molecule has 0 aliphatic heterocycles. The van der Waals surface area contributed by atoms with Gasteiger partial charge in [0.2, 0.25) is 5.91 Å². The van der Waals surface area contributed by atoms with Gasteiger partial charge in [0.1, 0.15) is 6.54 Å². The van der Waals surface area contributed by atoms with E-state index < -0.39 is 0 Å². The van der Waals surface area contributed by atoms with Crippen LogP contribution in [0.3, 0.4) is 0 Å². The molecule has 0 aromatic rings. The van der Waals surface area contributed by atoms with Gasteiger partial charge in [0.15, 0.2) is 5.96 Å². The van der Waals surface area contributed by atoms with E-state index in [1.54, 1.807) is 19.0 Å². The van der Waals surface area contributed by atoms with Crippen LogP contribution in [0.5, 0.6) is 0 Å². The van der Waals surface area contributed by atoms with Crippen LogP contribution in [0.1, 0.15) is 52.4 Å². The monoisotopic (exact) mass is 296 g/mol. The number of aliphatic imine (C=N–C) groups is 1. The van der Waals surface area contributed by atoms with E-state index in [2.05, 4.69) is 22.5 Å². The van der Waals surface area contributed by atoms with E-state index in [0.717, 1.165) is 18.4 Å². The van der Waals surface area contributed by atoms with Crippen molar-refractivity contribution in [1.29, 1.82) is 0 Å². The molecule has 1 amide bonds. The van der Waals surface area contributed by atoms with E-state index in [1.807, 2.05) is 6.92 Å². The van der Waals surface area contributed by atoms with Gasteiger partial charge in [0.25, 0.3) is 0 Å². The van der Waals surface area contributed by atoms with Crippen molar-refractivity contribution in [2.24, 2.45) is 10.9 Å². The van der Waals surface area contributed by atoms with Gasteiger partial charge < -0.3 is 15.5 Å². The molecule has 21 heavy (non-hydrogen) atoms. The largest absolute Gasteiger partial charge is 0.357 e. The molecule has 0 bridgehead atoms. The summed E-state index contributed by atoms with van der Waals surface area (Å²) in [6, 6.07) is 0.491. The molecule has 1 fully saturated rings. The van der Waals surface area contributed by atoms with E-state index in [9.17, 15) is 4.79 Å². The molecule has 2 N–H and O–H groups in total. The highest BCUT2D eigenvalue weighted by atomic mass is 16.2. The Labute approximate surface area is 129 Å². The van der Waals surface area contributed by atoms with Gasteiger partial charge in [-0.1, -0.05) is 19.8 Å². The first-order chi connectivity index (χ1) is 10.1. The lowest BCUT2D eigenvalue weighted by Gasteiger charge is -2.30. The maximum Gasteiger partial charge on any atom is 0.243 e. The van der Waals surface area contributed by atoms with Crippen LogP contribution in [0, 0.1) is 5.92 Å². The number of carbonyl (C=O) groups excluding carboxylic acids is 1. The molecule has 0 atom stereocenters. The Hall–Kier alpha value is -1.26. The predicted octanol–water partition coefficient (Wildman–Crippen LogP) is 1.99. The van der Waals surface area contributed by atoms with E-state index in [-0.39, 0.29) is 12.5 Å². The first kappa shape index (κ1) is 17.8. The van der Waals surface area contributed by atoms with Gasteiger partial charge in [-0.15, -0.1) is 0 Å². The van der Waals surface area contributed by atoms with Crippen molar-refractivity contribution in [3.63, 3.8) is 0 Å². The highest BCUT2D eigenvalue weighted by Crippen LogP contribution is 2.27. The van der Waals surface area contributed by atoms with Gasteiger partial charge in [0.05, 0.1) is 0 Å². The molecular formula is C16H32N4O. The zero-order valence-corrected chi connectivity index (χ0v) is 14.1. The molecule has 5 heteroatoms. The van der Waals surface area contributed by atoms with Crippen LogP contribution >= 0.6 is 0 Å². The molecular weight excluding hydrogens is 264 g/mol. The molecule has 0 spiro atoms. The Kier molecular flexibility index (Phi) is 8.16. The van der Waals surface area contributed by atoms with Crippen molar-refractivity contribution < 1.29 is 4.79 Å². The van der Waals surface area contributed by atoms with Gasteiger partial charge in [-0.3, -0.25) is 4.79 Å². The molecule has 1 aliphatic rings. The first-order valence-corrected chi connectivity index (χ1v) is 8.31. The van der Waals surface area contributed by atoms with Crippen molar-refractivity contribution in [3.8, 4) is 0 Å². The number of rotatable bonds is 6. The number of nitrogens with one attached hydrogen (secondary N) is 2. The molecule has 0 heterocycles. The maximum atomic E-state index is 11.6. The van der Waals surface area contributed by atoms with Crippen molar-refractivity contribution in [1.82, 2.24) is 15.5 Å². The van der Waals surface area contributed by atoms with Crippen LogP contribution in [-0.4, -0.2) is 50.0 Å². The Morgan fingerprint density at radius 2 is 1.86 bits per heavy atom. The standard InChI is InChI=1S/C16H32N4O/c1-5-7-13-8-10-14(11-9-13)19-16(17-6-2)18-12-15(21)20(3)4/h13-14H,5-12H2,1-4H3,(H2,17,18,19). The normalized spacial score (nSPS) is 22.8. The molecule has 0 saturated heterocycles. The van der Waals surface area contributed by atoms with Crippen LogP contribution < -0.4 is 10.6 Å². The SMILES string of the molecule is CCCC1CCC(NC(=NCC(=O)N(C)C)NCC)CC1. The predicted molar refractivity (Wildman–Crippen MR) is 88.5 cm³/mol. The van der Waals surface area contributed by atoms with Crippen LogP contribution in [0.15, 0.2) is 4.99 Å². The summed E-state index contributed by atoms with van der Waals surface area (Å²) in [5, 5.41) is 6.71. The summed E-state index contributed by atoms with van der Waals surface area (Å²) in [6.45, 7) is 5.33. The lowest BCUT2D eigenvalue weighted by molar-refractivity contribution is -0.127. The van der Waals surface area contributed by atoms with Crippen molar-refractivity contribution in [2.75, 3.05) is 27.2 Å². The molecule has 1 saturated carbocycles. The Morgan fingerprint density at radius 3 is 2.38 bits per heavy atom. The van der Waals surface area contributed by atoms with Gasteiger partial charge in [-0.25, -0.2) is 4.99 Å². The molecule has 1 aliphatic carbocycles. The van der Waals surface area contributed by atoms with Gasteiger partial charge in [-0.2, -0.15) is 0 Å². The van der Waals surface area contributed by atoms with Crippen molar-refractivity contribution in [3.05, 3.63) is 0 Å². The third-order valence-corrected chi connectivity index (χ3v) is 4.10. The average molecular weight is 296 g/mol. The summed E-state index contributed by atoms with van der Waals surface area (Å²) in [6.07, 6.45) is 7.67. The summed E-state index contributed by atoms with van der Waals surface area (Å²) < 4.78 is 0. The quantitative estimate of drug-likeness (QED) is 0.582. The third kappa shape index (κ3) is 6.82. The summed E-state index contributed by atoms with van der Waals surface area (Å²) >= 11 is 0. The maximum absolute atomic E-state index is 11.6. The Bertz CT molecular complexity index is 333. The molecule has 0 radical (unpaired) electrons. The highest BCUT2D eigenvalue weighted by molar-refractivity contribution is 5.84. The highest BCUT2D eigenvalue weighted by Gasteiger charge is 2.21. The first-order valence-electron chi connectivity index (χ1n) is 8.31. The summed E-state index contributed by atoms with van der Waals surface area (Å²) in [5.74, 6) is 1.70. The number of carbonyl (C=O) groups is 1. The summed E-state index contributed by atoms with van der Waals surface area (Å²) in [5.41, 5.74) is 0. The molecule has 0 aromatic carbocycles. The number of likely N-dealkylation sites (N-methyl/N-ethyl adjacent to an activating group) is 1. The Morgan fingerprint density at radius 1 is 1.19 bits per heavy atom. The van der Waals surface area contributed by atoms with Crippen molar-refractivity contribution >= 4 is 11.9 Å². The number of nitrogens with zero attached hydrogens (tertiary/aromatic N) is 2. The number of hydrogen-bond donors (Lipinski definition) is 2. The van der Waals surface area contributed by atoms with Crippen LogP contribution in [0.4, 0.5) is 0 Å². The fourth-order valence-corrected chi connectivity index (χ4v) is 2.81. The van der Waals surface area contributed by atoms with Gasteiger partial charge >= 0.3 is 0 Å². The lowest BCUT2D eigenvalue weighted by atomic mass is 9.83. The number of guanidine groups is 1. The summed E-state index contributed by atoms with van der Waals surface area (Å²) in [7, 11) is 3.51.